The number of carbonyl (C=O) groups excluding carboxylic acids is 2. The lowest BCUT2D eigenvalue weighted by atomic mass is 10.0. The SMILES string of the molecule is CC(=O)OCCCC#Cc1cc(O)c(C)c(O)c1C=O. The quantitative estimate of drug-likeness (QED) is 0.380. The zero-order chi connectivity index (χ0) is 15.1. The van der Waals surface area contributed by atoms with Gasteiger partial charge in [0.05, 0.1) is 12.2 Å². The number of unbranched alkanes of at least 4 members (excludes halogenated alkanes) is 1. The minimum atomic E-state index is -0.338. The van der Waals surface area contributed by atoms with Crippen LogP contribution in [0, 0.1) is 18.8 Å². The van der Waals surface area contributed by atoms with Crippen LogP contribution in [0.5, 0.6) is 11.5 Å². The minimum absolute atomic E-state index is 0.0628. The number of aldehydes is 1. The van der Waals surface area contributed by atoms with E-state index in [-0.39, 0.29) is 40.8 Å². The van der Waals surface area contributed by atoms with E-state index < -0.39 is 0 Å². The lowest BCUT2D eigenvalue weighted by Crippen LogP contribution is -1.99. The fourth-order valence-corrected chi connectivity index (χ4v) is 1.53. The van der Waals surface area contributed by atoms with Crippen LogP contribution >= 0.6 is 0 Å². The Kier molecular flexibility index (Phi) is 5.60. The average Bonchev–Trinajstić information content (AvgIpc) is 2.40. The van der Waals surface area contributed by atoms with Crippen LogP contribution in [-0.2, 0) is 9.53 Å². The number of hydrogen-bond donors (Lipinski definition) is 2. The van der Waals surface area contributed by atoms with Gasteiger partial charge in [-0.05, 0) is 19.4 Å². The summed E-state index contributed by atoms with van der Waals surface area (Å²) in [7, 11) is 0. The van der Waals surface area contributed by atoms with Gasteiger partial charge in [0.25, 0.3) is 0 Å². The highest BCUT2D eigenvalue weighted by atomic mass is 16.5. The summed E-state index contributed by atoms with van der Waals surface area (Å²) in [6.45, 7) is 3.13. The summed E-state index contributed by atoms with van der Waals surface area (Å²) in [6, 6.07) is 1.35. The smallest absolute Gasteiger partial charge is 0.302 e. The Morgan fingerprint density at radius 1 is 1.45 bits per heavy atom. The number of benzene rings is 1. The first-order chi connectivity index (χ1) is 9.47. The molecule has 0 heterocycles. The molecule has 2 N–H and O–H groups in total. The van der Waals surface area contributed by atoms with Gasteiger partial charge < -0.3 is 14.9 Å². The molecule has 0 aliphatic heterocycles. The summed E-state index contributed by atoms with van der Waals surface area (Å²) < 4.78 is 4.75. The molecule has 0 unspecified atom stereocenters. The molecule has 20 heavy (non-hydrogen) atoms. The highest BCUT2D eigenvalue weighted by Crippen LogP contribution is 2.31. The van der Waals surface area contributed by atoms with Crippen molar-refractivity contribution >= 4 is 12.3 Å². The Hall–Kier alpha value is -2.48. The Morgan fingerprint density at radius 2 is 2.15 bits per heavy atom. The zero-order valence-corrected chi connectivity index (χ0v) is 11.4. The van der Waals surface area contributed by atoms with Gasteiger partial charge in [-0.25, -0.2) is 0 Å². The van der Waals surface area contributed by atoms with Gasteiger partial charge in [0.15, 0.2) is 6.29 Å². The first-order valence-electron chi connectivity index (χ1n) is 6.10. The number of esters is 1. The van der Waals surface area contributed by atoms with E-state index in [1.54, 1.807) is 0 Å². The lowest BCUT2D eigenvalue weighted by Gasteiger charge is -2.06. The molecule has 0 saturated heterocycles. The van der Waals surface area contributed by atoms with Crippen LogP contribution < -0.4 is 0 Å². The molecule has 1 aromatic rings. The molecule has 0 atom stereocenters. The van der Waals surface area contributed by atoms with Crippen molar-refractivity contribution in [3.8, 4) is 23.3 Å². The van der Waals surface area contributed by atoms with Crippen molar-refractivity contribution < 1.29 is 24.5 Å². The third-order valence-electron chi connectivity index (χ3n) is 2.66. The lowest BCUT2D eigenvalue weighted by molar-refractivity contribution is -0.141. The van der Waals surface area contributed by atoms with Gasteiger partial charge in [0.1, 0.15) is 11.5 Å². The van der Waals surface area contributed by atoms with Crippen molar-refractivity contribution in [3.63, 3.8) is 0 Å². The summed E-state index contributed by atoms with van der Waals surface area (Å²) >= 11 is 0. The predicted molar refractivity (Wildman–Crippen MR) is 72.6 cm³/mol. The van der Waals surface area contributed by atoms with Gasteiger partial charge in [-0.2, -0.15) is 0 Å². The van der Waals surface area contributed by atoms with Crippen molar-refractivity contribution in [2.45, 2.75) is 26.7 Å². The molecule has 0 spiro atoms. The third-order valence-corrected chi connectivity index (χ3v) is 2.66. The molecule has 1 rings (SSSR count). The number of phenols is 2. The number of aromatic hydroxyl groups is 2. The summed E-state index contributed by atoms with van der Waals surface area (Å²) in [4.78, 5) is 21.5. The van der Waals surface area contributed by atoms with Crippen molar-refractivity contribution in [2.75, 3.05) is 6.61 Å². The summed E-state index contributed by atoms with van der Waals surface area (Å²) in [6.07, 6.45) is 1.55. The molecule has 106 valence electrons. The van der Waals surface area contributed by atoms with Crippen LogP contribution in [0.3, 0.4) is 0 Å². The van der Waals surface area contributed by atoms with Crippen LogP contribution in [0.25, 0.3) is 0 Å². The van der Waals surface area contributed by atoms with E-state index in [0.29, 0.717) is 19.1 Å². The molecule has 5 nitrogen and oxygen atoms in total. The highest BCUT2D eigenvalue weighted by molar-refractivity contribution is 5.85. The first kappa shape index (κ1) is 15.6. The fourth-order valence-electron chi connectivity index (χ4n) is 1.53. The minimum Gasteiger partial charge on any atom is -0.507 e. The van der Waals surface area contributed by atoms with E-state index in [9.17, 15) is 19.8 Å². The highest BCUT2D eigenvalue weighted by Gasteiger charge is 2.12. The topological polar surface area (TPSA) is 83.8 Å². The second kappa shape index (κ2) is 7.19. The molecule has 0 amide bonds. The summed E-state index contributed by atoms with van der Waals surface area (Å²) in [5.74, 6) is 4.81. The Labute approximate surface area is 117 Å². The molecule has 0 aliphatic rings. The Morgan fingerprint density at radius 3 is 2.75 bits per heavy atom. The monoisotopic (exact) mass is 276 g/mol. The van der Waals surface area contributed by atoms with Crippen LogP contribution in [0.15, 0.2) is 6.07 Å². The zero-order valence-electron chi connectivity index (χ0n) is 11.4. The summed E-state index contributed by atoms with van der Waals surface area (Å²) in [5.41, 5.74) is 0.577. The standard InChI is InChI=1S/C15H16O5/c1-10-14(18)8-12(13(9-16)15(10)19)6-4-3-5-7-20-11(2)17/h8-9,18-19H,3,5,7H2,1-2H3. The third kappa shape index (κ3) is 4.02. The number of rotatable bonds is 4. The number of ether oxygens (including phenoxy) is 1. The van der Waals surface area contributed by atoms with Crippen molar-refractivity contribution in [1.29, 1.82) is 0 Å². The van der Waals surface area contributed by atoms with E-state index >= 15 is 0 Å². The van der Waals surface area contributed by atoms with Gasteiger partial charge >= 0.3 is 5.97 Å². The van der Waals surface area contributed by atoms with E-state index in [1.807, 2.05) is 0 Å². The second-order valence-electron chi connectivity index (χ2n) is 4.19. The molecule has 0 bridgehead atoms. The molecule has 0 aromatic heterocycles. The maximum Gasteiger partial charge on any atom is 0.302 e. The molecule has 5 heteroatoms. The maximum atomic E-state index is 11.0. The largest absolute Gasteiger partial charge is 0.507 e. The molecular formula is C15H16O5. The van der Waals surface area contributed by atoms with Crippen molar-refractivity contribution in [1.82, 2.24) is 0 Å². The Balaban J connectivity index is 2.78. The molecule has 0 radical (unpaired) electrons. The molecular weight excluding hydrogens is 260 g/mol. The number of hydrogen-bond acceptors (Lipinski definition) is 5. The normalized spacial score (nSPS) is 9.50. The van der Waals surface area contributed by atoms with E-state index in [1.165, 1.54) is 19.9 Å². The molecule has 0 aliphatic carbocycles. The van der Waals surface area contributed by atoms with Crippen molar-refractivity contribution in [3.05, 3.63) is 22.8 Å². The van der Waals surface area contributed by atoms with Crippen LogP contribution in [0.2, 0.25) is 0 Å². The van der Waals surface area contributed by atoms with E-state index in [4.69, 9.17) is 4.74 Å². The van der Waals surface area contributed by atoms with E-state index in [2.05, 4.69) is 11.8 Å². The van der Waals surface area contributed by atoms with E-state index in [0.717, 1.165) is 0 Å². The average molecular weight is 276 g/mol. The molecule has 0 fully saturated rings. The van der Waals surface area contributed by atoms with Crippen LogP contribution in [0.4, 0.5) is 0 Å². The van der Waals surface area contributed by atoms with Gasteiger partial charge in [0.2, 0.25) is 0 Å². The van der Waals surface area contributed by atoms with Gasteiger partial charge in [-0.3, -0.25) is 9.59 Å². The van der Waals surface area contributed by atoms with Gasteiger partial charge in [0, 0.05) is 24.5 Å². The number of carbonyl (C=O) groups is 2. The van der Waals surface area contributed by atoms with Crippen LogP contribution in [-0.4, -0.2) is 29.1 Å². The fraction of sp³-hybridized carbons (Fsp3) is 0.333. The maximum absolute atomic E-state index is 11.0. The Bertz CT molecular complexity index is 578. The van der Waals surface area contributed by atoms with Gasteiger partial charge in [-0.1, -0.05) is 11.8 Å². The van der Waals surface area contributed by atoms with Crippen LogP contribution in [0.1, 0.15) is 41.3 Å². The van der Waals surface area contributed by atoms with Crippen molar-refractivity contribution in [2.24, 2.45) is 0 Å². The molecule has 0 saturated carbocycles. The summed E-state index contributed by atoms with van der Waals surface area (Å²) in [5, 5.41) is 19.3. The first-order valence-corrected chi connectivity index (χ1v) is 6.10. The predicted octanol–water partition coefficient (Wildman–Crippen LogP) is 1.91. The second-order valence-corrected chi connectivity index (χ2v) is 4.19. The number of phenolic OH excluding ortho intramolecular Hbond substituents is 2. The van der Waals surface area contributed by atoms with Gasteiger partial charge in [-0.15, -0.1) is 0 Å². The molecule has 1 aromatic carbocycles.